The number of carbonyl (C=O) groups is 1. The molecule has 0 aliphatic heterocycles. The second-order valence-electron chi connectivity index (χ2n) is 6.14. The molecule has 2 aromatic rings. The van der Waals surface area contributed by atoms with Gasteiger partial charge in [0, 0.05) is 29.3 Å². The molecular weight excluding hydrogens is 405 g/mol. The van der Waals surface area contributed by atoms with Gasteiger partial charge >= 0.3 is 6.18 Å². The lowest BCUT2D eigenvalue weighted by Gasteiger charge is -2.22. The molecule has 0 saturated heterocycles. The smallest absolute Gasteiger partial charge is 0.406 e. The fourth-order valence-electron chi connectivity index (χ4n) is 2.68. The predicted octanol–water partition coefficient (Wildman–Crippen LogP) is 4.22. The third-order valence-corrected chi connectivity index (χ3v) is 4.08. The van der Waals surface area contributed by atoms with Crippen LogP contribution in [0.15, 0.2) is 48.5 Å². The molecule has 0 aromatic heterocycles. The Morgan fingerprint density at radius 3 is 2.47 bits per heavy atom. The number of nitro benzene ring substituents is 1. The van der Waals surface area contributed by atoms with E-state index < -0.39 is 30.1 Å². The molecule has 1 amide bonds. The van der Waals surface area contributed by atoms with Crippen molar-refractivity contribution in [1.82, 2.24) is 4.90 Å². The second kappa shape index (κ2) is 9.77. The van der Waals surface area contributed by atoms with Crippen molar-refractivity contribution >= 4 is 17.7 Å². The van der Waals surface area contributed by atoms with Gasteiger partial charge in [-0.3, -0.25) is 14.9 Å². The van der Waals surface area contributed by atoms with Crippen LogP contribution in [-0.4, -0.2) is 42.7 Å². The quantitative estimate of drug-likeness (QED) is 0.360. The first-order chi connectivity index (χ1) is 14.1. The van der Waals surface area contributed by atoms with Crippen LogP contribution in [0, 0.1) is 10.1 Å². The van der Waals surface area contributed by atoms with Crippen LogP contribution in [0.1, 0.15) is 11.1 Å². The van der Waals surface area contributed by atoms with Crippen molar-refractivity contribution < 1.29 is 32.4 Å². The molecule has 0 radical (unpaired) electrons. The molecule has 0 heterocycles. The van der Waals surface area contributed by atoms with Crippen LogP contribution in [0.5, 0.6) is 11.5 Å². The number of benzene rings is 2. The third-order valence-electron chi connectivity index (χ3n) is 4.08. The van der Waals surface area contributed by atoms with E-state index in [1.165, 1.54) is 44.6 Å². The summed E-state index contributed by atoms with van der Waals surface area (Å²) in [5, 5.41) is 11.1. The molecule has 10 heteroatoms. The van der Waals surface area contributed by atoms with Crippen LogP contribution >= 0.6 is 0 Å². The molecule has 2 aromatic carbocycles. The summed E-state index contributed by atoms with van der Waals surface area (Å²) in [6.45, 7) is -2.12. The highest BCUT2D eigenvalue weighted by Crippen LogP contribution is 2.26. The lowest BCUT2D eigenvalue weighted by molar-refractivity contribution is -0.385. The van der Waals surface area contributed by atoms with E-state index in [0.29, 0.717) is 22.0 Å². The fraction of sp³-hybridized carbons (Fsp3) is 0.250. The second-order valence-corrected chi connectivity index (χ2v) is 6.14. The number of rotatable bonds is 8. The molecule has 0 aliphatic carbocycles. The van der Waals surface area contributed by atoms with Crippen molar-refractivity contribution in [2.24, 2.45) is 0 Å². The first kappa shape index (κ1) is 22.7. The summed E-state index contributed by atoms with van der Waals surface area (Å²) in [5.74, 6) is -0.0896. The Hall–Kier alpha value is -3.56. The SMILES string of the molecule is COc1ccc(/C=C/C(=O)N(Cc2ccccc2[N+](=O)[O-])CC(F)(F)F)c(OC)c1. The summed E-state index contributed by atoms with van der Waals surface area (Å²) >= 11 is 0. The van der Waals surface area contributed by atoms with E-state index in [9.17, 15) is 28.1 Å². The Labute approximate surface area is 170 Å². The molecule has 0 atom stereocenters. The average Bonchev–Trinajstić information content (AvgIpc) is 2.70. The molecule has 0 bridgehead atoms. The highest BCUT2D eigenvalue weighted by molar-refractivity contribution is 5.92. The molecule has 0 N–H and O–H groups in total. The van der Waals surface area contributed by atoms with E-state index in [1.807, 2.05) is 0 Å². The van der Waals surface area contributed by atoms with Crippen LogP contribution in [0.2, 0.25) is 0 Å². The van der Waals surface area contributed by atoms with Gasteiger partial charge in [0.25, 0.3) is 5.69 Å². The Bertz CT molecular complexity index is 944. The van der Waals surface area contributed by atoms with Gasteiger partial charge in [0.1, 0.15) is 18.0 Å². The first-order valence-electron chi connectivity index (χ1n) is 8.62. The van der Waals surface area contributed by atoms with Gasteiger partial charge < -0.3 is 14.4 Å². The maximum absolute atomic E-state index is 13.0. The van der Waals surface area contributed by atoms with Gasteiger partial charge in [-0.1, -0.05) is 18.2 Å². The number of ether oxygens (including phenoxy) is 2. The number of halogens is 3. The average molecular weight is 424 g/mol. The van der Waals surface area contributed by atoms with Crippen molar-refractivity contribution in [2.75, 3.05) is 20.8 Å². The number of amides is 1. The van der Waals surface area contributed by atoms with Gasteiger partial charge in [-0.25, -0.2) is 0 Å². The van der Waals surface area contributed by atoms with Crippen LogP contribution in [-0.2, 0) is 11.3 Å². The first-order valence-corrected chi connectivity index (χ1v) is 8.62. The molecule has 7 nitrogen and oxygen atoms in total. The zero-order chi connectivity index (χ0) is 22.3. The molecule has 0 unspecified atom stereocenters. The molecule has 0 fully saturated rings. The minimum Gasteiger partial charge on any atom is -0.497 e. The number of carbonyl (C=O) groups excluding carboxylic acids is 1. The number of nitro groups is 1. The van der Waals surface area contributed by atoms with E-state index in [1.54, 1.807) is 18.2 Å². The monoisotopic (exact) mass is 424 g/mol. The van der Waals surface area contributed by atoms with Crippen molar-refractivity contribution in [3.05, 3.63) is 69.8 Å². The van der Waals surface area contributed by atoms with Gasteiger partial charge in [-0.2, -0.15) is 13.2 Å². The van der Waals surface area contributed by atoms with Crippen LogP contribution in [0.3, 0.4) is 0 Å². The maximum Gasteiger partial charge on any atom is 0.406 e. The van der Waals surface area contributed by atoms with E-state index in [0.717, 1.165) is 6.08 Å². The minimum atomic E-state index is -4.68. The summed E-state index contributed by atoms with van der Waals surface area (Å²) in [4.78, 5) is 23.4. The van der Waals surface area contributed by atoms with Crippen LogP contribution in [0.25, 0.3) is 6.08 Å². The van der Waals surface area contributed by atoms with Gasteiger partial charge in [-0.15, -0.1) is 0 Å². The zero-order valence-corrected chi connectivity index (χ0v) is 16.2. The van der Waals surface area contributed by atoms with E-state index in [4.69, 9.17) is 9.47 Å². The normalized spacial score (nSPS) is 11.4. The summed E-state index contributed by atoms with van der Waals surface area (Å²) < 4.78 is 49.3. The number of alkyl halides is 3. The van der Waals surface area contributed by atoms with Crippen molar-refractivity contribution in [1.29, 1.82) is 0 Å². The van der Waals surface area contributed by atoms with Gasteiger partial charge in [0.2, 0.25) is 5.91 Å². The van der Waals surface area contributed by atoms with Crippen molar-refractivity contribution in [2.45, 2.75) is 12.7 Å². The molecular formula is C20H19F3N2O5. The van der Waals surface area contributed by atoms with Crippen molar-refractivity contribution in [3.63, 3.8) is 0 Å². The van der Waals surface area contributed by atoms with Gasteiger partial charge in [0.05, 0.1) is 25.7 Å². The molecule has 0 aliphatic rings. The van der Waals surface area contributed by atoms with Crippen molar-refractivity contribution in [3.8, 4) is 11.5 Å². The van der Waals surface area contributed by atoms with Crippen LogP contribution in [0.4, 0.5) is 18.9 Å². The summed E-state index contributed by atoms with van der Waals surface area (Å²) in [5.41, 5.74) is 0.0816. The van der Waals surface area contributed by atoms with E-state index in [-0.39, 0.29) is 11.3 Å². The Kier molecular flexibility index (Phi) is 7.40. The Morgan fingerprint density at radius 1 is 1.17 bits per heavy atom. The summed E-state index contributed by atoms with van der Waals surface area (Å²) in [6.07, 6.45) is -2.40. The zero-order valence-electron chi connectivity index (χ0n) is 16.2. The van der Waals surface area contributed by atoms with Crippen LogP contribution < -0.4 is 9.47 Å². The number of nitrogens with zero attached hydrogens (tertiary/aromatic N) is 2. The molecule has 160 valence electrons. The number of methoxy groups -OCH3 is 2. The van der Waals surface area contributed by atoms with Gasteiger partial charge in [0.15, 0.2) is 0 Å². The standard InChI is InChI=1S/C20H19F3N2O5/c1-29-16-9-7-14(18(11-16)30-2)8-10-19(26)24(13-20(21,22)23)12-15-5-3-4-6-17(15)25(27)28/h3-11H,12-13H2,1-2H3/b10-8+. The largest absolute Gasteiger partial charge is 0.497 e. The highest BCUT2D eigenvalue weighted by atomic mass is 19.4. The Morgan fingerprint density at radius 2 is 1.87 bits per heavy atom. The third kappa shape index (κ3) is 6.23. The summed E-state index contributed by atoms with van der Waals surface area (Å²) in [7, 11) is 2.87. The topological polar surface area (TPSA) is 81.9 Å². The summed E-state index contributed by atoms with van der Waals surface area (Å²) in [6, 6.07) is 10.1. The molecule has 30 heavy (non-hydrogen) atoms. The maximum atomic E-state index is 13.0. The Balaban J connectivity index is 2.30. The van der Waals surface area contributed by atoms with E-state index in [2.05, 4.69) is 0 Å². The van der Waals surface area contributed by atoms with Gasteiger partial charge in [-0.05, 0) is 18.2 Å². The number of para-hydroxylation sites is 1. The number of hydrogen-bond donors (Lipinski definition) is 0. The minimum absolute atomic E-state index is 0.00414. The predicted molar refractivity (Wildman–Crippen MR) is 103 cm³/mol. The number of hydrogen-bond acceptors (Lipinski definition) is 5. The lowest BCUT2D eigenvalue weighted by Crippen LogP contribution is -2.37. The van der Waals surface area contributed by atoms with E-state index >= 15 is 0 Å². The fourth-order valence-corrected chi connectivity index (χ4v) is 2.68. The molecule has 0 spiro atoms. The molecule has 0 saturated carbocycles. The molecule has 2 rings (SSSR count). The lowest BCUT2D eigenvalue weighted by atomic mass is 10.1. The highest BCUT2D eigenvalue weighted by Gasteiger charge is 2.33.